The fourth-order valence-electron chi connectivity index (χ4n) is 1.20. The number of esters is 1. The quantitative estimate of drug-likeness (QED) is 0.771. The minimum absolute atomic E-state index is 0.111. The Hall–Kier alpha value is -1.26. The fourth-order valence-corrected chi connectivity index (χ4v) is 1.20. The molecule has 100 valence electrons. The summed E-state index contributed by atoms with van der Waals surface area (Å²) in [5.74, 6) is -0.339. The molecule has 1 N–H and O–H groups in total. The first-order valence-electron chi connectivity index (χ1n) is 5.72. The molecule has 0 saturated heterocycles. The van der Waals surface area contributed by atoms with Gasteiger partial charge in [-0.2, -0.15) is 0 Å². The lowest BCUT2D eigenvalue weighted by molar-refractivity contribution is -0.144. The van der Waals surface area contributed by atoms with Crippen LogP contribution in [0.1, 0.15) is 48.0 Å². The molecule has 5 nitrogen and oxygen atoms in total. The Morgan fingerprint density at radius 1 is 1.12 bits per heavy atom. The fraction of sp³-hybridized carbons (Fsp3) is 0.833. The first-order chi connectivity index (χ1) is 7.56. The molecule has 0 atom stereocenters. The first-order valence-corrected chi connectivity index (χ1v) is 5.72. The van der Waals surface area contributed by atoms with Gasteiger partial charge in [0.2, 0.25) is 0 Å². The van der Waals surface area contributed by atoms with Crippen LogP contribution in [0.5, 0.6) is 0 Å². The van der Waals surface area contributed by atoms with E-state index in [-0.39, 0.29) is 12.4 Å². The zero-order valence-electron chi connectivity index (χ0n) is 11.5. The lowest BCUT2D eigenvalue weighted by atomic mass is 10.0. The van der Waals surface area contributed by atoms with Gasteiger partial charge in [0.1, 0.15) is 5.60 Å². The summed E-state index contributed by atoms with van der Waals surface area (Å²) in [6, 6.07) is 0. The van der Waals surface area contributed by atoms with E-state index in [9.17, 15) is 9.59 Å². The summed E-state index contributed by atoms with van der Waals surface area (Å²) in [6.07, 6.45) is -0.424. The van der Waals surface area contributed by atoms with Crippen molar-refractivity contribution in [2.75, 3.05) is 6.61 Å². The van der Waals surface area contributed by atoms with Crippen molar-refractivity contribution in [2.24, 2.45) is 0 Å². The van der Waals surface area contributed by atoms with Crippen LogP contribution in [-0.4, -0.2) is 29.8 Å². The SMILES string of the molecule is CCOC(=O)CC(C)(C)NC(=O)OC(C)(C)C. The molecule has 0 unspecified atom stereocenters. The Labute approximate surface area is 103 Å². The summed E-state index contributed by atoms with van der Waals surface area (Å²) in [5.41, 5.74) is -1.24. The molecule has 0 radical (unpaired) electrons. The van der Waals surface area contributed by atoms with Crippen molar-refractivity contribution in [1.29, 1.82) is 0 Å². The van der Waals surface area contributed by atoms with E-state index in [0.717, 1.165) is 0 Å². The lowest BCUT2D eigenvalue weighted by Crippen LogP contribution is -2.47. The molecule has 0 spiro atoms. The first kappa shape index (κ1) is 15.7. The molecule has 0 aromatic heterocycles. The van der Waals surface area contributed by atoms with Crippen LogP contribution in [0.2, 0.25) is 0 Å². The highest BCUT2D eigenvalue weighted by Gasteiger charge is 2.27. The summed E-state index contributed by atoms with van der Waals surface area (Å²) in [4.78, 5) is 22.8. The second kappa shape index (κ2) is 5.89. The molecule has 0 fully saturated rings. The second-order valence-corrected chi connectivity index (χ2v) is 5.49. The largest absolute Gasteiger partial charge is 0.466 e. The van der Waals surface area contributed by atoms with E-state index in [4.69, 9.17) is 9.47 Å². The number of ether oxygens (including phenoxy) is 2. The van der Waals surface area contributed by atoms with Crippen LogP contribution in [0.3, 0.4) is 0 Å². The van der Waals surface area contributed by atoms with E-state index >= 15 is 0 Å². The third kappa shape index (κ3) is 8.54. The molecular weight excluding hydrogens is 222 g/mol. The number of amides is 1. The maximum absolute atomic E-state index is 11.5. The molecule has 0 aliphatic rings. The molecule has 17 heavy (non-hydrogen) atoms. The summed E-state index contributed by atoms with van der Waals surface area (Å²) >= 11 is 0. The summed E-state index contributed by atoms with van der Waals surface area (Å²) < 4.78 is 9.94. The van der Waals surface area contributed by atoms with E-state index in [1.807, 2.05) is 0 Å². The van der Waals surface area contributed by atoms with Crippen molar-refractivity contribution in [3.63, 3.8) is 0 Å². The zero-order chi connectivity index (χ0) is 13.7. The Kier molecular flexibility index (Phi) is 5.45. The molecular formula is C12H23NO4. The van der Waals surface area contributed by atoms with Crippen molar-refractivity contribution in [3.8, 4) is 0 Å². The van der Waals surface area contributed by atoms with Gasteiger partial charge in [0, 0.05) is 5.54 Å². The normalized spacial score (nSPS) is 11.9. The van der Waals surface area contributed by atoms with Crippen LogP contribution in [0.25, 0.3) is 0 Å². The number of hydrogen-bond acceptors (Lipinski definition) is 4. The smallest absolute Gasteiger partial charge is 0.408 e. The number of rotatable bonds is 4. The standard InChI is InChI=1S/C12H23NO4/c1-7-16-9(14)8-12(5,6)13-10(15)17-11(2,3)4/h7-8H2,1-6H3,(H,13,15). The highest BCUT2D eigenvalue weighted by atomic mass is 16.6. The van der Waals surface area contributed by atoms with Crippen molar-refractivity contribution in [2.45, 2.75) is 59.1 Å². The number of carbonyl (C=O) groups excluding carboxylic acids is 2. The minimum atomic E-state index is -0.686. The van der Waals surface area contributed by atoms with E-state index < -0.39 is 17.2 Å². The van der Waals surface area contributed by atoms with Crippen LogP contribution in [0, 0.1) is 0 Å². The van der Waals surface area contributed by atoms with Crippen LogP contribution in [0.4, 0.5) is 4.79 Å². The topological polar surface area (TPSA) is 64.6 Å². The minimum Gasteiger partial charge on any atom is -0.466 e. The van der Waals surface area contributed by atoms with E-state index in [2.05, 4.69) is 5.32 Å². The van der Waals surface area contributed by atoms with E-state index in [0.29, 0.717) is 6.61 Å². The highest BCUT2D eigenvalue weighted by molar-refractivity contribution is 5.73. The number of hydrogen-bond donors (Lipinski definition) is 1. The maximum atomic E-state index is 11.5. The predicted octanol–water partition coefficient (Wildman–Crippen LogP) is 2.24. The van der Waals surface area contributed by atoms with Gasteiger partial charge < -0.3 is 14.8 Å². The summed E-state index contributed by atoms with van der Waals surface area (Å²) in [5, 5.41) is 2.64. The van der Waals surface area contributed by atoms with Crippen LogP contribution < -0.4 is 5.32 Å². The van der Waals surface area contributed by atoms with E-state index in [1.54, 1.807) is 41.5 Å². The Morgan fingerprint density at radius 2 is 1.65 bits per heavy atom. The highest BCUT2D eigenvalue weighted by Crippen LogP contribution is 2.12. The number of alkyl carbamates (subject to hydrolysis) is 1. The van der Waals surface area contributed by atoms with Gasteiger partial charge in [-0.3, -0.25) is 4.79 Å². The van der Waals surface area contributed by atoms with Crippen molar-refractivity contribution in [1.82, 2.24) is 5.32 Å². The summed E-state index contributed by atoms with van der Waals surface area (Å²) in [7, 11) is 0. The molecule has 0 rings (SSSR count). The Bertz CT molecular complexity index is 279. The van der Waals surface area contributed by atoms with Crippen LogP contribution in [0.15, 0.2) is 0 Å². The van der Waals surface area contributed by atoms with Gasteiger partial charge in [-0.1, -0.05) is 0 Å². The third-order valence-electron chi connectivity index (χ3n) is 1.73. The number of carbonyl (C=O) groups is 2. The van der Waals surface area contributed by atoms with Gasteiger partial charge in [-0.05, 0) is 41.5 Å². The molecule has 0 heterocycles. The Balaban J connectivity index is 4.25. The average molecular weight is 245 g/mol. The van der Waals surface area contributed by atoms with E-state index in [1.165, 1.54) is 0 Å². The second-order valence-electron chi connectivity index (χ2n) is 5.49. The van der Waals surface area contributed by atoms with Gasteiger partial charge >= 0.3 is 12.1 Å². The maximum Gasteiger partial charge on any atom is 0.408 e. The van der Waals surface area contributed by atoms with Gasteiger partial charge in [-0.15, -0.1) is 0 Å². The molecule has 0 aromatic rings. The molecule has 0 aliphatic heterocycles. The van der Waals surface area contributed by atoms with Gasteiger partial charge in [0.25, 0.3) is 0 Å². The van der Waals surface area contributed by atoms with Gasteiger partial charge in [0.15, 0.2) is 0 Å². The van der Waals surface area contributed by atoms with Crippen molar-refractivity contribution in [3.05, 3.63) is 0 Å². The van der Waals surface area contributed by atoms with Crippen molar-refractivity contribution < 1.29 is 19.1 Å². The average Bonchev–Trinajstić information content (AvgIpc) is 1.96. The predicted molar refractivity (Wildman–Crippen MR) is 64.7 cm³/mol. The summed E-state index contributed by atoms with van der Waals surface area (Å²) in [6.45, 7) is 10.9. The molecule has 0 saturated carbocycles. The van der Waals surface area contributed by atoms with Crippen LogP contribution in [-0.2, 0) is 14.3 Å². The zero-order valence-corrected chi connectivity index (χ0v) is 11.5. The van der Waals surface area contributed by atoms with Crippen molar-refractivity contribution >= 4 is 12.1 Å². The third-order valence-corrected chi connectivity index (χ3v) is 1.73. The molecule has 0 aromatic carbocycles. The molecule has 0 bridgehead atoms. The number of nitrogens with one attached hydrogen (secondary N) is 1. The van der Waals surface area contributed by atoms with Gasteiger partial charge in [0.05, 0.1) is 13.0 Å². The monoisotopic (exact) mass is 245 g/mol. The van der Waals surface area contributed by atoms with Gasteiger partial charge in [-0.25, -0.2) is 4.79 Å². The molecule has 0 aliphatic carbocycles. The van der Waals surface area contributed by atoms with Crippen LogP contribution >= 0.6 is 0 Å². The molecule has 1 amide bonds. The Morgan fingerprint density at radius 3 is 2.06 bits per heavy atom. The molecule has 5 heteroatoms. The lowest BCUT2D eigenvalue weighted by Gasteiger charge is -2.27.